The number of halogens is 3. The number of rotatable bonds is 5. The van der Waals surface area contributed by atoms with Gasteiger partial charge < -0.3 is 10.0 Å². The Bertz CT molecular complexity index is 395. The summed E-state index contributed by atoms with van der Waals surface area (Å²) in [6.45, 7) is 3.93. The quantitative estimate of drug-likeness (QED) is 0.849. The summed E-state index contributed by atoms with van der Waals surface area (Å²) in [7, 11) is 0. The van der Waals surface area contributed by atoms with E-state index in [0.29, 0.717) is 12.8 Å². The van der Waals surface area contributed by atoms with Crippen molar-refractivity contribution in [3.8, 4) is 0 Å². The van der Waals surface area contributed by atoms with Crippen molar-refractivity contribution >= 4 is 11.9 Å². The van der Waals surface area contributed by atoms with Gasteiger partial charge in [-0.25, -0.2) is 0 Å². The average Bonchev–Trinajstić information content (AvgIpc) is 2.67. The van der Waals surface area contributed by atoms with Crippen LogP contribution in [-0.2, 0) is 9.59 Å². The summed E-state index contributed by atoms with van der Waals surface area (Å²) >= 11 is 0. The zero-order chi connectivity index (χ0) is 16.4. The SMILES string of the molecule is CC(C)CN(CC(F)(F)F)C(=O)[C@H]1CC(C)C[C@H]1C(=O)O. The standard InChI is InChI=1S/C14H22F3NO3/c1-8(2)6-18(7-14(15,16)17)12(19)10-4-9(3)5-11(10)13(20)21/h8-11H,4-7H2,1-3H3,(H,20,21)/t9?,10-,11+/m0/s1. The van der Waals surface area contributed by atoms with E-state index in [1.807, 2.05) is 6.92 Å². The third kappa shape index (κ3) is 5.21. The van der Waals surface area contributed by atoms with Gasteiger partial charge in [0.05, 0.1) is 11.8 Å². The van der Waals surface area contributed by atoms with Crippen molar-refractivity contribution in [3.63, 3.8) is 0 Å². The Hall–Kier alpha value is -1.27. The molecule has 122 valence electrons. The molecule has 1 N–H and O–H groups in total. The van der Waals surface area contributed by atoms with Crippen LogP contribution in [0.3, 0.4) is 0 Å². The van der Waals surface area contributed by atoms with Crippen molar-refractivity contribution in [3.05, 3.63) is 0 Å². The molecule has 0 spiro atoms. The summed E-state index contributed by atoms with van der Waals surface area (Å²) in [6, 6.07) is 0. The van der Waals surface area contributed by atoms with Crippen LogP contribution in [0.2, 0.25) is 0 Å². The molecule has 1 aliphatic rings. The fourth-order valence-corrected chi connectivity index (χ4v) is 2.96. The molecule has 0 aromatic rings. The lowest BCUT2D eigenvalue weighted by molar-refractivity contribution is -0.167. The highest BCUT2D eigenvalue weighted by Crippen LogP contribution is 2.38. The van der Waals surface area contributed by atoms with Gasteiger partial charge in [-0.3, -0.25) is 9.59 Å². The molecule has 4 nitrogen and oxygen atoms in total. The van der Waals surface area contributed by atoms with E-state index in [1.165, 1.54) is 0 Å². The molecule has 0 aliphatic heterocycles. The maximum absolute atomic E-state index is 12.6. The second-order valence-corrected chi connectivity index (χ2v) is 6.36. The summed E-state index contributed by atoms with van der Waals surface area (Å²) in [4.78, 5) is 24.3. The molecular weight excluding hydrogens is 287 g/mol. The second-order valence-electron chi connectivity index (χ2n) is 6.36. The highest BCUT2D eigenvalue weighted by atomic mass is 19.4. The first-order valence-corrected chi connectivity index (χ1v) is 7.09. The van der Waals surface area contributed by atoms with Crippen molar-refractivity contribution in [1.29, 1.82) is 0 Å². The Morgan fingerprint density at radius 1 is 1.24 bits per heavy atom. The second kappa shape index (κ2) is 6.66. The van der Waals surface area contributed by atoms with Crippen molar-refractivity contribution in [2.24, 2.45) is 23.7 Å². The lowest BCUT2D eigenvalue weighted by atomic mass is 9.94. The average molecular weight is 309 g/mol. The van der Waals surface area contributed by atoms with Gasteiger partial charge in [0.15, 0.2) is 0 Å². The van der Waals surface area contributed by atoms with E-state index < -0.39 is 36.4 Å². The molecule has 1 aliphatic carbocycles. The Kier molecular flexibility index (Phi) is 5.64. The van der Waals surface area contributed by atoms with E-state index in [4.69, 9.17) is 5.11 Å². The summed E-state index contributed by atoms with van der Waals surface area (Å²) < 4.78 is 37.9. The zero-order valence-electron chi connectivity index (χ0n) is 12.5. The lowest BCUT2D eigenvalue weighted by Crippen LogP contribution is -2.45. The normalized spacial score (nSPS) is 26.1. The summed E-state index contributed by atoms with van der Waals surface area (Å²) in [6.07, 6.45) is -3.80. The zero-order valence-corrected chi connectivity index (χ0v) is 12.5. The first-order valence-electron chi connectivity index (χ1n) is 7.09. The van der Waals surface area contributed by atoms with E-state index in [9.17, 15) is 22.8 Å². The van der Waals surface area contributed by atoms with Crippen LogP contribution in [0.1, 0.15) is 33.6 Å². The maximum Gasteiger partial charge on any atom is 0.406 e. The molecule has 21 heavy (non-hydrogen) atoms. The minimum absolute atomic E-state index is 0.0183. The van der Waals surface area contributed by atoms with Gasteiger partial charge in [0, 0.05) is 6.54 Å². The Morgan fingerprint density at radius 2 is 1.76 bits per heavy atom. The molecule has 1 unspecified atom stereocenters. The van der Waals surface area contributed by atoms with Crippen LogP contribution in [0.4, 0.5) is 13.2 Å². The Balaban J connectivity index is 2.90. The minimum Gasteiger partial charge on any atom is -0.481 e. The number of carbonyl (C=O) groups excluding carboxylic acids is 1. The Morgan fingerprint density at radius 3 is 2.19 bits per heavy atom. The van der Waals surface area contributed by atoms with Crippen LogP contribution in [0, 0.1) is 23.7 Å². The van der Waals surface area contributed by atoms with Gasteiger partial charge in [0.2, 0.25) is 5.91 Å². The number of alkyl halides is 3. The van der Waals surface area contributed by atoms with Gasteiger partial charge in [0.25, 0.3) is 0 Å². The molecule has 7 heteroatoms. The molecule has 0 aromatic heterocycles. The molecular formula is C14H22F3NO3. The van der Waals surface area contributed by atoms with E-state index in [-0.39, 0.29) is 18.4 Å². The third-order valence-corrected chi connectivity index (χ3v) is 3.70. The van der Waals surface area contributed by atoms with Crippen LogP contribution < -0.4 is 0 Å². The van der Waals surface area contributed by atoms with Crippen molar-refractivity contribution < 1.29 is 27.9 Å². The fraction of sp³-hybridized carbons (Fsp3) is 0.857. The predicted octanol–water partition coefficient (Wildman–Crippen LogP) is 2.78. The number of hydrogen-bond acceptors (Lipinski definition) is 2. The molecule has 0 heterocycles. The van der Waals surface area contributed by atoms with Crippen molar-refractivity contribution in [2.45, 2.75) is 39.8 Å². The number of aliphatic carboxylic acids is 1. The van der Waals surface area contributed by atoms with E-state index in [1.54, 1.807) is 13.8 Å². The van der Waals surface area contributed by atoms with Crippen LogP contribution in [0.15, 0.2) is 0 Å². The Labute approximate surface area is 122 Å². The largest absolute Gasteiger partial charge is 0.481 e. The first-order chi connectivity index (χ1) is 9.51. The highest BCUT2D eigenvalue weighted by Gasteiger charge is 2.44. The molecule has 1 saturated carbocycles. The van der Waals surface area contributed by atoms with E-state index >= 15 is 0 Å². The van der Waals surface area contributed by atoms with Crippen LogP contribution >= 0.6 is 0 Å². The monoisotopic (exact) mass is 309 g/mol. The van der Waals surface area contributed by atoms with Gasteiger partial charge in [-0.05, 0) is 24.7 Å². The fourth-order valence-electron chi connectivity index (χ4n) is 2.96. The predicted molar refractivity (Wildman–Crippen MR) is 70.5 cm³/mol. The number of amides is 1. The first kappa shape index (κ1) is 17.8. The van der Waals surface area contributed by atoms with Gasteiger partial charge in [0.1, 0.15) is 6.54 Å². The van der Waals surface area contributed by atoms with Gasteiger partial charge in [-0.2, -0.15) is 13.2 Å². The molecule has 0 aromatic carbocycles. The number of carboxylic acids is 1. The van der Waals surface area contributed by atoms with Crippen LogP contribution in [-0.4, -0.2) is 41.1 Å². The highest BCUT2D eigenvalue weighted by molar-refractivity contribution is 5.85. The van der Waals surface area contributed by atoms with Crippen molar-refractivity contribution in [2.75, 3.05) is 13.1 Å². The summed E-state index contributed by atoms with van der Waals surface area (Å²) in [5.41, 5.74) is 0. The number of hydrogen-bond donors (Lipinski definition) is 1. The topological polar surface area (TPSA) is 57.6 Å². The number of carbonyl (C=O) groups is 2. The summed E-state index contributed by atoms with van der Waals surface area (Å²) in [5, 5.41) is 9.15. The third-order valence-electron chi connectivity index (χ3n) is 3.70. The summed E-state index contributed by atoms with van der Waals surface area (Å²) in [5.74, 6) is -3.59. The van der Waals surface area contributed by atoms with Crippen molar-refractivity contribution in [1.82, 2.24) is 4.90 Å². The lowest BCUT2D eigenvalue weighted by Gasteiger charge is -2.29. The minimum atomic E-state index is -4.48. The number of nitrogens with zero attached hydrogens (tertiary/aromatic N) is 1. The van der Waals surface area contributed by atoms with E-state index in [2.05, 4.69) is 0 Å². The molecule has 3 atom stereocenters. The smallest absolute Gasteiger partial charge is 0.406 e. The van der Waals surface area contributed by atoms with Gasteiger partial charge in [-0.1, -0.05) is 20.8 Å². The maximum atomic E-state index is 12.6. The molecule has 1 amide bonds. The number of carboxylic acid groups (broad SMARTS) is 1. The van der Waals surface area contributed by atoms with E-state index in [0.717, 1.165) is 4.90 Å². The van der Waals surface area contributed by atoms with Gasteiger partial charge >= 0.3 is 12.1 Å². The molecule has 0 saturated heterocycles. The molecule has 0 bridgehead atoms. The van der Waals surface area contributed by atoms with Crippen LogP contribution in [0.25, 0.3) is 0 Å². The van der Waals surface area contributed by atoms with Crippen LogP contribution in [0.5, 0.6) is 0 Å². The van der Waals surface area contributed by atoms with Gasteiger partial charge in [-0.15, -0.1) is 0 Å². The molecule has 1 fully saturated rings. The molecule has 0 radical (unpaired) electrons. The molecule has 1 rings (SSSR count).